The van der Waals surface area contributed by atoms with Crippen LogP contribution in [0.25, 0.3) is 0 Å². The van der Waals surface area contributed by atoms with Gasteiger partial charge in [0.05, 0.1) is 5.71 Å². The maximum Gasteiger partial charge on any atom is 0.307 e. The number of phenolic OH excluding ortho intramolecular Hbond substituents is 1. The lowest BCUT2D eigenvalue weighted by molar-refractivity contribution is 0.0926. The van der Waals surface area contributed by atoms with E-state index in [1.54, 1.807) is 36.4 Å². The molecule has 0 aliphatic heterocycles. The van der Waals surface area contributed by atoms with Gasteiger partial charge in [-0.2, -0.15) is 5.10 Å². The van der Waals surface area contributed by atoms with Crippen LogP contribution in [-0.4, -0.2) is 16.7 Å². The smallest absolute Gasteiger partial charge is 0.307 e. The van der Waals surface area contributed by atoms with E-state index in [1.807, 2.05) is 6.92 Å². The van der Waals surface area contributed by atoms with E-state index in [-0.39, 0.29) is 11.5 Å². The van der Waals surface area contributed by atoms with Crippen molar-refractivity contribution >= 4 is 27.5 Å². The Balaban J connectivity index is 2.16. The largest absolute Gasteiger partial charge is 0.507 e. The fraction of sp³-hybridized carbons (Fsp3) is 0.143. The molecule has 1 amide bonds. The molecule has 1 aromatic heterocycles. The molecular formula is C14H13BrN2O3. The third-order valence-corrected chi connectivity index (χ3v) is 3.07. The van der Waals surface area contributed by atoms with E-state index >= 15 is 0 Å². The molecule has 6 heteroatoms. The minimum Gasteiger partial charge on any atom is -0.507 e. The van der Waals surface area contributed by atoms with Gasteiger partial charge in [-0.15, -0.1) is 0 Å². The zero-order valence-corrected chi connectivity index (χ0v) is 12.3. The van der Waals surface area contributed by atoms with Gasteiger partial charge in [0.1, 0.15) is 5.75 Å². The number of phenols is 1. The number of hydrogen-bond acceptors (Lipinski definition) is 4. The highest BCUT2D eigenvalue weighted by atomic mass is 79.9. The maximum absolute atomic E-state index is 11.8. The van der Waals surface area contributed by atoms with Gasteiger partial charge in [0.15, 0.2) is 10.4 Å². The fourth-order valence-corrected chi connectivity index (χ4v) is 1.96. The second-order valence-electron chi connectivity index (χ2n) is 3.97. The molecule has 0 spiro atoms. The molecule has 5 nitrogen and oxygen atoms in total. The van der Waals surface area contributed by atoms with Crippen molar-refractivity contribution in [3.8, 4) is 5.75 Å². The first-order valence-corrected chi connectivity index (χ1v) is 6.81. The van der Waals surface area contributed by atoms with Crippen molar-refractivity contribution in [2.45, 2.75) is 13.3 Å². The zero-order valence-electron chi connectivity index (χ0n) is 10.8. The Morgan fingerprint density at radius 2 is 2.10 bits per heavy atom. The molecule has 0 fully saturated rings. The van der Waals surface area contributed by atoms with E-state index in [9.17, 15) is 9.90 Å². The molecule has 2 rings (SSSR count). The second-order valence-corrected chi connectivity index (χ2v) is 4.76. The summed E-state index contributed by atoms with van der Waals surface area (Å²) < 4.78 is 5.60. The minimum atomic E-state index is -0.447. The molecule has 0 aliphatic carbocycles. The van der Waals surface area contributed by atoms with Gasteiger partial charge >= 0.3 is 5.91 Å². The summed E-state index contributed by atoms with van der Waals surface area (Å²) in [4.78, 5) is 11.8. The van der Waals surface area contributed by atoms with Gasteiger partial charge < -0.3 is 9.52 Å². The van der Waals surface area contributed by atoms with Crippen molar-refractivity contribution in [1.29, 1.82) is 0 Å². The van der Waals surface area contributed by atoms with Crippen molar-refractivity contribution in [3.05, 3.63) is 52.4 Å². The van der Waals surface area contributed by atoms with E-state index in [0.29, 0.717) is 22.4 Å². The fourth-order valence-electron chi connectivity index (χ4n) is 1.66. The van der Waals surface area contributed by atoms with E-state index in [1.165, 1.54) is 0 Å². The van der Waals surface area contributed by atoms with Crippen LogP contribution in [0.4, 0.5) is 0 Å². The third kappa shape index (κ3) is 3.27. The molecule has 0 radical (unpaired) electrons. The number of furan rings is 1. The molecule has 0 bridgehead atoms. The minimum absolute atomic E-state index is 0.128. The number of hydrogen-bond donors (Lipinski definition) is 2. The van der Waals surface area contributed by atoms with E-state index in [0.717, 1.165) is 0 Å². The molecule has 1 heterocycles. The number of nitrogens with zero attached hydrogens (tertiary/aromatic N) is 1. The van der Waals surface area contributed by atoms with Crippen molar-refractivity contribution in [3.63, 3.8) is 0 Å². The van der Waals surface area contributed by atoms with Crippen LogP contribution in [0.3, 0.4) is 0 Å². The topological polar surface area (TPSA) is 74.8 Å². The summed E-state index contributed by atoms with van der Waals surface area (Å²) in [6, 6.07) is 10.0. The number of nitrogens with one attached hydrogen (secondary N) is 1. The predicted molar refractivity (Wildman–Crippen MR) is 78.8 cm³/mol. The van der Waals surface area contributed by atoms with Crippen molar-refractivity contribution in [2.24, 2.45) is 5.10 Å². The molecule has 20 heavy (non-hydrogen) atoms. The van der Waals surface area contributed by atoms with E-state index in [2.05, 4.69) is 26.5 Å². The number of aromatic hydroxyl groups is 1. The average molecular weight is 337 g/mol. The molecule has 0 atom stereocenters. The van der Waals surface area contributed by atoms with Gasteiger partial charge in [-0.25, -0.2) is 5.43 Å². The molecule has 0 saturated heterocycles. The molecule has 0 saturated carbocycles. The SMILES string of the molecule is CCC(=NNC(=O)c1ccc(Br)o1)c1ccccc1O. The monoisotopic (exact) mass is 336 g/mol. The summed E-state index contributed by atoms with van der Waals surface area (Å²) in [6.07, 6.45) is 0.569. The van der Waals surface area contributed by atoms with Crippen LogP contribution in [0.1, 0.15) is 29.5 Å². The van der Waals surface area contributed by atoms with Gasteiger partial charge in [-0.1, -0.05) is 19.1 Å². The second kappa shape index (κ2) is 6.38. The highest BCUT2D eigenvalue weighted by molar-refractivity contribution is 9.10. The molecule has 104 valence electrons. The van der Waals surface area contributed by atoms with Crippen molar-refractivity contribution in [1.82, 2.24) is 5.43 Å². The highest BCUT2D eigenvalue weighted by Crippen LogP contribution is 2.18. The Morgan fingerprint density at radius 3 is 2.70 bits per heavy atom. The molecule has 0 aliphatic rings. The van der Waals surface area contributed by atoms with Crippen LogP contribution in [0.15, 0.2) is 50.6 Å². The van der Waals surface area contributed by atoms with Crippen LogP contribution >= 0.6 is 15.9 Å². The normalized spacial score (nSPS) is 11.4. The third-order valence-electron chi connectivity index (χ3n) is 2.64. The number of benzene rings is 1. The van der Waals surface area contributed by atoms with Crippen LogP contribution in [0.5, 0.6) is 5.75 Å². The van der Waals surface area contributed by atoms with E-state index in [4.69, 9.17) is 4.42 Å². The molecular weight excluding hydrogens is 324 g/mol. The lowest BCUT2D eigenvalue weighted by Gasteiger charge is -2.06. The summed E-state index contributed by atoms with van der Waals surface area (Å²) in [5.41, 5.74) is 3.59. The molecule has 2 aromatic rings. The van der Waals surface area contributed by atoms with Gasteiger partial charge in [0, 0.05) is 5.56 Å². The summed E-state index contributed by atoms with van der Waals surface area (Å²) in [7, 11) is 0. The summed E-state index contributed by atoms with van der Waals surface area (Å²) in [5, 5.41) is 13.8. The summed E-state index contributed by atoms with van der Waals surface area (Å²) >= 11 is 3.12. The Kier molecular flexibility index (Phi) is 4.57. The Bertz CT molecular complexity index is 649. The lowest BCUT2D eigenvalue weighted by atomic mass is 10.1. The quantitative estimate of drug-likeness (QED) is 0.664. The van der Waals surface area contributed by atoms with Crippen LogP contribution < -0.4 is 5.43 Å². The van der Waals surface area contributed by atoms with Crippen LogP contribution in [0, 0.1) is 0 Å². The highest BCUT2D eigenvalue weighted by Gasteiger charge is 2.11. The van der Waals surface area contributed by atoms with Crippen molar-refractivity contribution in [2.75, 3.05) is 0 Å². The molecule has 1 aromatic carbocycles. The first-order chi connectivity index (χ1) is 9.61. The lowest BCUT2D eigenvalue weighted by Crippen LogP contribution is -2.19. The average Bonchev–Trinajstić information content (AvgIpc) is 2.88. The predicted octanol–water partition coefficient (Wildman–Crippen LogP) is 3.29. The molecule has 0 unspecified atom stereocenters. The zero-order chi connectivity index (χ0) is 14.5. The number of carbonyl (C=O) groups is 1. The number of hydrazone groups is 1. The number of para-hydroxylation sites is 1. The maximum atomic E-state index is 11.8. The van der Waals surface area contributed by atoms with Crippen LogP contribution in [0.2, 0.25) is 0 Å². The summed E-state index contributed by atoms with van der Waals surface area (Å²) in [5.74, 6) is -0.159. The first-order valence-electron chi connectivity index (χ1n) is 6.02. The summed E-state index contributed by atoms with van der Waals surface area (Å²) in [6.45, 7) is 1.89. The van der Waals surface area contributed by atoms with Gasteiger partial charge in [-0.3, -0.25) is 4.79 Å². The Labute approximate surface area is 124 Å². The number of carbonyl (C=O) groups excluding carboxylic acids is 1. The van der Waals surface area contributed by atoms with Crippen LogP contribution in [-0.2, 0) is 0 Å². The number of rotatable bonds is 4. The van der Waals surface area contributed by atoms with E-state index < -0.39 is 5.91 Å². The van der Waals surface area contributed by atoms with Gasteiger partial charge in [0.2, 0.25) is 0 Å². The van der Waals surface area contributed by atoms with Gasteiger partial charge in [0.25, 0.3) is 0 Å². The number of halogens is 1. The Morgan fingerprint density at radius 1 is 1.35 bits per heavy atom. The first kappa shape index (κ1) is 14.3. The Hall–Kier alpha value is -2.08. The standard InChI is InChI=1S/C14H13BrN2O3/c1-2-10(9-5-3-4-6-11(9)18)16-17-14(19)12-7-8-13(15)20-12/h3-8,18H,2H2,1H3,(H,17,19). The number of amides is 1. The molecule has 2 N–H and O–H groups in total. The van der Waals surface area contributed by atoms with Crippen molar-refractivity contribution < 1.29 is 14.3 Å². The van der Waals surface area contributed by atoms with Gasteiger partial charge in [-0.05, 0) is 46.6 Å².